The molecule has 2 aromatic heterocycles. The number of aromatic nitrogens is 5. The first-order valence-corrected chi connectivity index (χ1v) is 6.23. The Balaban J connectivity index is 2.12. The summed E-state index contributed by atoms with van der Waals surface area (Å²) in [6, 6.07) is 8.29. The molecule has 6 heteroatoms. The predicted octanol–water partition coefficient (Wildman–Crippen LogP) is 1.67. The van der Waals surface area contributed by atoms with Crippen LogP contribution in [0, 0.1) is 18.3 Å². The van der Waals surface area contributed by atoms with Gasteiger partial charge >= 0.3 is 0 Å². The second kappa shape index (κ2) is 3.78. The van der Waals surface area contributed by atoms with Crippen LogP contribution in [0.25, 0.3) is 17.1 Å². The zero-order valence-electron chi connectivity index (χ0n) is 10.8. The van der Waals surface area contributed by atoms with Crippen LogP contribution in [0.2, 0.25) is 0 Å². The minimum Gasteiger partial charge on any atom is -0.299 e. The zero-order chi connectivity index (χ0) is 13.7. The van der Waals surface area contributed by atoms with Crippen molar-refractivity contribution in [3.05, 3.63) is 47.8 Å². The van der Waals surface area contributed by atoms with E-state index in [2.05, 4.69) is 27.2 Å². The van der Waals surface area contributed by atoms with E-state index in [9.17, 15) is 5.26 Å². The van der Waals surface area contributed by atoms with Crippen molar-refractivity contribution >= 4 is 0 Å². The number of benzene rings is 1. The number of fused-ring (bicyclic) bond motifs is 5. The molecule has 6 nitrogen and oxygen atoms in total. The quantitative estimate of drug-likeness (QED) is 0.483. The van der Waals surface area contributed by atoms with Crippen LogP contribution in [0.5, 0.6) is 0 Å². The molecular formula is C14H10N6. The van der Waals surface area contributed by atoms with E-state index >= 15 is 0 Å². The van der Waals surface area contributed by atoms with E-state index < -0.39 is 0 Å². The second-order valence-corrected chi connectivity index (χ2v) is 4.78. The van der Waals surface area contributed by atoms with E-state index in [4.69, 9.17) is 0 Å². The van der Waals surface area contributed by atoms with Gasteiger partial charge in [-0.05, 0) is 19.1 Å². The number of nitrogens with zero attached hydrogens (tertiary/aromatic N) is 6. The molecule has 0 fully saturated rings. The molecule has 0 saturated heterocycles. The van der Waals surface area contributed by atoms with Crippen LogP contribution in [0.3, 0.4) is 0 Å². The van der Waals surface area contributed by atoms with Gasteiger partial charge in [0.25, 0.3) is 0 Å². The van der Waals surface area contributed by atoms with Crippen molar-refractivity contribution in [2.75, 3.05) is 0 Å². The Morgan fingerprint density at radius 1 is 1.30 bits per heavy atom. The number of hydrogen-bond donors (Lipinski definition) is 0. The van der Waals surface area contributed by atoms with Gasteiger partial charge in [-0.25, -0.2) is 14.6 Å². The third-order valence-corrected chi connectivity index (χ3v) is 3.54. The Morgan fingerprint density at radius 3 is 3.05 bits per heavy atom. The summed E-state index contributed by atoms with van der Waals surface area (Å²) in [4.78, 5) is 8.53. The SMILES string of the molecule is Cc1ccc2c(c1)-c1ncnn1Cc1c(C#N)ncn1-2. The monoisotopic (exact) mass is 262 g/mol. The van der Waals surface area contributed by atoms with Gasteiger partial charge in [0.05, 0.1) is 17.9 Å². The molecule has 3 heterocycles. The summed E-state index contributed by atoms with van der Waals surface area (Å²) in [5.74, 6) is 0.816. The van der Waals surface area contributed by atoms with Crippen LogP contribution < -0.4 is 0 Å². The van der Waals surface area contributed by atoms with Crippen molar-refractivity contribution in [1.29, 1.82) is 5.26 Å². The molecule has 0 atom stereocenters. The number of hydrogen-bond acceptors (Lipinski definition) is 4. The van der Waals surface area contributed by atoms with Gasteiger partial charge in [-0.2, -0.15) is 10.4 Å². The fraction of sp³-hybridized carbons (Fsp3) is 0.143. The van der Waals surface area contributed by atoms with Crippen molar-refractivity contribution in [3.63, 3.8) is 0 Å². The van der Waals surface area contributed by atoms with Gasteiger partial charge in [0, 0.05) is 5.56 Å². The first-order chi connectivity index (χ1) is 9.78. The third-order valence-electron chi connectivity index (χ3n) is 3.54. The molecular weight excluding hydrogens is 252 g/mol. The summed E-state index contributed by atoms with van der Waals surface area (Å²) < 4.78 is 3.75. The average molecular weight is 262 g/mol. The fourth-order valence-electron chi connectivity index (χ4n) is 2.60. The minimum absolute atomic E-state index is 0.430. The molecule has 1 aliphatic rings. The number of rotatable bonds is 0. The molecule has 0 radical (unpaired) electrons. The molecule has 1 aliphatic heterocycles. The molecule has 0 aliphatic carbocycles. The van der Waals surface area contributed by atoms with Gasteiger partial charge in [0.1, 0.15) is 18.7 Å². The van der Waals surface area contributed by atoms with Crippen LogP contribution in [-0.4, -0.2) is 24.3 Å². The molecule has 3 aromatic rings. The van der Waals surface area contributed by atoms with Crippen molar-refractivity contribution in [2.24, 2.45) is 0 Å². The standard InChI is InChI=1S/C14H10N6/c1-9-2-3-12-10(4-9)14-16-7-18-20(14)6-13-11(5-15)17-8-19(12)13/h2-4,7-8H,6H2,1H3. The van der Waals surface area contributed by atoms with Gasteiger partial charge in [0.15, 0.2) is 11.5 Å². The van der Waals surface area contributed by atoms with E-state index in [0.29, 0.717) is 12.2 Å². The fourth-order valence-corrected chi connectivity index (χ4v) is 2.60. The van der Waals surface area contributed by atoms with E-state index in [1.54, 1.807) is 17.3 Å². The second-order valence-electron chi connectivity index (χ2n) is 4.78. The number of aryl methyl sites for hydroxylation is 1. The molecule has 0 spiro atoms. The lowest BCUT2D eigenvalue weighted by atomic mass is 10.1. The lowest BCUT2D eigenvalue weighted by molar-refractivity contribution is 0.676. The lowest BCUT2D eigenvalue weighted by Crippen LogP contribution is -2.05. The largest absolute Gasteiger partial charge is 0.299 e. The molecule has 0 amide bonds. The third kappa shape index (κ3) is 1.34. The molecule has 0 N–H and O–H groups in total. The van der Waals surface area contributed by atoms with Gasteiger partial charge in [0.2, 0.25) is 0 Å². The number of imidazole rings is 1. The van der Waals surface area contributed by atoms with Crippen molar-refractivity contribution in [2.45, 2.75) is 13.5 Å². The van der Waals surface area contributed by atoms with Crippen molar-refractivity contribution in [3.8, 4) is 23.1 Å². The molecule has 4 rings (SSSR count). The maximum Gasteiger partial charge on any atom is 0.163 e. The predicted molar refractivity (Wildman–Crippen MR) is 71.1 cm³/mol. The summed E-state index contributed by atoms with van der Waals surface area (Å²) in [6.07, 6.45) is 3.23. The van der Waals surface area contributed by atoms with Crippen LogP contribution in [0.4, 0.5) is 0 Å². The van der Waals surface area contributed by atoms with Crippen molar-refractivity contribution in [1.82, 2.24) is 24.3 Å². The average Bonchev–Trinajstić information content (AvgIpc) is 3.04. The first kappa shape index (κ1) is 10.9. The maximum absolute atomic E-state index is 9.19. The van der Waals surface area contributed by atoms with Crippen LogP contribution in [0.1, 0.15) is 17.0 Å². The molecule has 0 saturated carbocycles. The first-order valence-electron chi connectivity index (χ1n) is 6.23. The van der Waals surface area contributed by atoms with Crippen molar-refractivity contribution < 1.29 is 0 Å². The maximum atomic E-state index is 9.19. The Labute approximate surface area is 114 Å². The molecule has 96 valence electrons. The summed E-state index contributed by atoms with van der Waals surface area (Å²) in [7, 11) is 0. The highest BCUT2D eigenvalue weighted by atomic mass is 15.3. The van der Waals surface area contributed by atoms with E-state index in [0.717, 1.165) is 28.3 Å². The normalized spacial score (nSPS) is 12.0. The van der Waals surface area contributed by atoms with Gasteiger partial charge in [-0.3, -0.25) is 4.57 Å². The van der Waals surface area contributed by atoms with E-state index in [1.807, 2.05) is 23.6 Å². The van der Waals surface area contributed by atoms with Gasteiger partial charge < -0.3 is 0 Å². The Kier molecular flexibility index (Phi) is 2.06. The van der Waals surface area contributed by atoms with Crippen LogP contribution in [0.15, 0.2) is 30.9 Å². The van der Waals surface area contributed by atoms with Crippen LogP contribution >= 0.6 is 0 Å². The highest BCUT2D eigenvalue weighted by Crippen LogP contribution is 2.31. The molecule has 1 aromatic carbocycles. The van der Waals surface area contributed by atoms with Gasteiger partial charge in [-0.1, -0.05) is 11.6 Å². The lowest BCUT2D eigenvalue weighted by Gasteiger charge is -2.08. The highest BCUT2D eigenvalue weighted by Gasteiger charge is 2.23. The number of nitriles is 1. The Morgan fingerprint density at radius 2 is 2.20 bits per heavy atom. The van der Waals surface area contributed by atoms with E-state index in [1.165, 1.54) is 0 Å². The van der Waals surface area contributed by atoms with E-state index in [-0.39, 0.29) is 0 Å². The summed E-state index contributed by atoms with van der Waals surface area (Å²) in [5.41, 5.74) is 4.40. The zero-order valence-corrected chi connectivity index (χ0v) is 10.8. The molecule has 0 unspecified atom stereocenters. The molecule has 20 heavy (non-hydrogen) atoms. The summed E-state index contributed by atoms with van der Waals surface area (Å²) in [6.45, 7) is 2.54. The summed E-state index contributed by atoms with van der Waals surface area (Å²) in [5, 5.41) is 13.4. The van der Waals surface area contributed by atoms with Crippen LogP contribution in [-0.2, 0) is 6.54 Å². The summed E-state index contributed by atoms with van der Waals surface area (Å²) >= 11 is 0. The minimum atomic E-state index is 0.430. The topological polar surface area (TPSA) is 72.3 Å². The Hall–Kier alpha value is -2.94. The van der Waals surface area contributed by atoms with Gasteiger partial charge in [-0.15, -0.1) is 0 Å². The Bertz CT molecular complexity index is 864. The highest BCUT2D eigenvalue weighted by molar-refractivity contribution is 5.70. The smallest absolute Gasteiger partial charge is 0.163 e. The molecule has 0 bridgehead atoms.